The summed E-state index contributed by atoms with van der Waals surface area (Å²) in [5.74, 6) is -0.513. The molecule has 0 aliphatic heterocycles. The van der Waals surface area contributed by atoms with Gasteiger partial charge in [-0.3, -0.25) is 4.79 Å². The molecule has 0 aliphatic rings. The third kappa shape index (κ3) is 3.23. The molecule has 104 valence electrons. The predicted molar refractivity (Wildman–Crippen MR) is 78.2 cm³/mol. The molecule has 2 aromatic rings. The first-order valence-electron chi connectivity index (χ1n) is 6.61. The van der Waals surface area contributed by atoms with E-state index in [2.05, 4.69) is 5.32 Å². The normalized spacial score (nSPS) is 12.0. The van der Waals surface area contributed by atoms with Crippen LogP contribution in [0.3, 0.4) is 0 Å². The van der Waals surface area contributed by atoms with Crippen LogP contribution < -0.4 is 5.32 Å². The summed E-state index contributed by atoms with van der Waals surface area (Å²) in [5, 5.41) is 2.93. The van der Waals surface area contributed by atoms with Crippen LogP contribution in [-0.2, 0) is 0 Å². The van der Waals surface area contributed by atoms with Crippen LogP contribution in [0.25, 0.3) is 0 Å². The maximum Gasteiger partial charge on any atom is 0.252 e. The Balaban J connectivity index is 2.13. The number of benzene rings is 2. The van der Waals surface area contributed by atoms with Gasteiger partial charge in [0, 0.05) is 5.56 Å². The van der Waals surface area contributed by atoms with E-state index in [1.165, 1.54) is 23.8 Å². The second kappa shape index (κ2) is 5.87. The Kier molecular flexibility index (Phi) is 4.18. The van der Waals surface area contributed by atoms with Gasteiger partial charge in [-0.1, -0.05) is 29.8 Å². The summed E-state index contributed by atoms with van der Waals surface area (Å²) in [6, 6.07) is 12.1. The zero-order chi connectivity index (χ0) is 14.7. The fourth-order valence-electron chi connectivity index (χ4n) is 2.09. The molecule has 1 unspecified atom stereocenters. The van der Waals surface area contributed by atoms with Crippen LogP contribution in [-0.4, -0.2) is 5.91 Å². The van der Waals surface area contributed by atoms with Gasteiger partial charge in [-0.2, -0.15) is 0 Å². The molecule has 0 aliphatic carbocycles. The van der Waals surface area contributed by atoms with Crippen molar-refractivity contribution in [2.75, 3.05) is 0 Å². The topological polar surface area (TPSA) is 29.1 Å². The van der Waals surface area contributed by atoms with Crippen molar-refractivity contribution in [1.29, 1.82) is 0 Å². The summed E-state index contributed by atoms with van der Waals surface area (Å²) in [7, 11) is 0. The Morgan fingerprint density at radius 3 is 2.35 bits per heavy atom. The Bertz CT molecular complexity index is 619. The van der Waals surface area contributed by atoms with Crippen molar-refractivity contribution in [3.63, 3.8) is 0 Å². The van der Waals surface area contributed by atoms with E-state index in [-0.39, 0.29) is 17.8 Å². The van der Waals surface area contributed by atoms with E-state index >= 15 is 0 Å². The highest BCUT2D eigenvalue weighted by molar-refractivity contribution is 5.95. The van der Waals surface area contributed by atoms with Crippen molar-refractivity contribution in [3.05, 3.63) is 70.5 Å². The maximum absolute atomic E-state index is 13.0. The molecule has 1 amide bonds. The minimum Gasteiger partial charge on any atom is -0.346 e. The second-order valence-electron chi connectivity index (χ2n) is 5.07. The zero-order valence-corrected chi connectivity index (χ0v) is 11.9. The van der Waals surface area contributed by atoms with Gasteiger partial charge >= 0.3 is 0 Å². The van der Waals surface area contributed by atoms with Gasteiger partial charge in [0.2, 0.25) is 0 Å². The average Bonchev–Trinajstić information content (AvgIpc) is 2.39. The van der Waals surface area contributed by atoms with Gasteiger partial charge in [-0.15, -0.1) is 0 Å². The monoisotopic (exact) mass is 271 g/mol. The van der Waals surface area contributed by atoms with Crippen molar-refractivity contribution in [3.8, 4) is 0 Å². The molecule has 1 atom stereocenters. The highest BCUT2D eigenvalue weighted by Gasteiger charge is 2.13. The first-order chi connectivity index (χ1) is 9.47. The average molecular weight is 271 g/mol. The number of nitrogens with one attached hydrogen (secondary N) is 1. The summed E-state index contributed by atoms with van der Waals surface area (Å²) >= 11 is 0. The highest BCUT2D eigenvalue weighted by atomic mass is 19.1. The standard InChI is InChI=1S/C17H18FNO/c1-11-4-6-14(7-5-11)13(3)19-17(20)16-9-8-15(18)10-12(16)2/h4-10,13H,1-3H3,(H,19,20). The van der Waals surface area contributed by atoms with E-state index < -0.39 is 0 Å². The van der Waals surface area contributed by atoms with Gasteiger partial charge < -0.3 is 5.32 Å². The van der Waals surface area contributed by atoms with Gasteiger partial charge in [-0.25, -0.2) is 4.39 Å². The molecule has 0 heterocycles. The van der Waals surface area contributed by atoms with Crippen molar-refractivity contribution < 1.29 is 9.18 Å². The van der Waals surface area contributed by atoms with Crippen molar-refractivity contribution >= 4 is 5.91 Å². The Morgan fingerprint density at radius 1 is 1.10 bits per heavy atom. The molecule has 3 heteroatoms. The molecule has 2 nitrogen and oxygen atoms in total. The molecule has 0 spiro atoms. The molecule has 20 heavy (non-hydrogen) atoms. The molecular weight excluding hydrogens is 253 g/mol. The van der Waals surface area contributed by atoms with Crippen LogP contribution in [0, 0.1) is 19.7 Å². The molecular formula is C17H18FNO. The van der Waals surface area contributed by atoms with Gasteiger partial charge in [0.05, 0.1) is 6.04 Å². The number of hydrogen-bond acceptors (Lipinski definition) is 1. The molecule has 0 aromatic heterocycles. The summed E-state index contributed by atoms with van der Waals surface area (Å²) < 4.78 is 13.0. The Labute approximate surface area is 118 Å². The molecule has 0 radical (unpaired) electrons. The Hall–Kier alpha value is -2.16. The highest BCUT2D eigenvalue weighted by Crippen LogP contribution is 2.15. The van der Waals surface area contributed by atoms with E-state index in [0.717, 1.165) is 5.56 Å². The van der Waals surface area contributed by atoms with Crippen LogP contribution in [0.5, 0.6) is 0 Å². The van der Waals surface area contributed by atoms with E-state index in [9.17, 15) is 9.18 Å². The minimum absolute atomic E-state index is 0.0902. The summed E-state index contributed by atoms with van der Waals surface area (Å²) in [4.78, 5) is 12.2. The molecule has 1 N–H and O–H groups in total. The fourth-order valence-corrected chi connectivity index (χ4v) is 2.09. The van der Waals surface area contributed by atoms with Crippen molar-refractivity contribution in [2.45, 2.75) is 26.8 Å². The summed E-state index contributed by atoms with van der Waals surface area (Å²) in [6.07, 6.45) is 0. The number of carbonyl (C=O) groups is 1. The van der Waals surface area contributed by atoms with E-state index in [1.807, 2.05) is 38.1 Å². The molecule has 2 rings (SSSR count). The number of carbonyl (C=O) groups excluding carboxylic acids is 1. The van der Waals surface area contributed by atoms with Crippen LogP contribution in [0.1, 0.15) is 40.0 Å². The second-order valence-corrected chi connectivity index (χ2v) is 5.07. The van der Waals surface area contributed by atoms with E-state index in [1.54, 1.807) is 6.92 Å². The SMILES string of the molecule is Cc1ccc(C(C)NC(=O)c2ccc(F)cc2C)cc1. The lowest BCUT2D eigenvalue weighted by atomic mass is 10.0. The van der Waals surface area contributed by atoms with Crippen LogP contribution >= 0.6 is 0 Å². The quantitative estimate of drug-likeness (QED) is 0.900. The van der Waals surface area contributed by atoms with Crippen LogP contribution in [0.15, 0.2) is 42.5 Å². The van der Waals surface area contributed by atoms with Gasteiger partial charge in [0.15, 0.2) is 0 Å². The number of halogens is 1. The van der Waals surface area contributed by atoms with Gasteiger partial charge in [0.25, 0.3) is 5.91 Å². The molecule has 0 saturated heterocycles. The first-order valence-corrected chi connectivity index (χ1v) is 6.61. The van der Waals surface area contributed by atoms with Crippen LogP contribution in [0.2, 0.25) is 0 Å². The predicted octanol–water partition coefficient (Wildman–Crippen LogP) is 3.93. The molecule has 0 fully saturated rings. The lowest BCUT2D eigenvalue weighted by Crippen LogP contribution is -2.27. The molecule has 0 bridgehead atoms. The summed E-state index contributed by atoms with van der Waals surface area (Å²) in [5.41, 5.74) is 3.37. The molecule has 0 saturated carbocycles. The first kappa shape index (κ1) is 14.3. The fraction of sp³-hybridized carbons (Fsp3) is 0.235. The van der Waals surface area contributed by atoms with Crippen LogP contribution in [0.4, 0.5) is 4.39 Å². The number of hydrogen-bond donors (Lipinski definition) is 1. The molecule has 2 aromatic carbocycles. The van der Waals surface area contributed by atoms with Gasteiger partial charge in [0.1, 0.15) is 5.82 Å². The van der Waals surface area contributed by atoms with Crippen molar-refractivity contribution in [1.82, 2.24) is 5.32 Å². The van der Waals surface area contributed by atoms with E-state index in [4.69, 9.17) is 0 Å². The van der Waals surface area contributed by atoms with Gasteiger partial charge in [-0.05, 0) is 50.1 Å². The Morgan fingerprint density at radius 2 is 1.75 bits per heavy atom. The number of aryl methyl sites for hydroxylation is 2. The van der Waals surface area contributed by atoms with E-state index in [0.29, 0.717) is 11.1 Å². The third-order valence-corrected chi connectivity index (χ3v) is 3.36. The lowest BCUT2D eigenvalue weighted by Gasteiger charge is -2.15. The zero-order valence-electron chi connectivity index (χ0n) is 11.9. The minimum atomic E-state index is -0.328. The maximum atomic E-state index is 13.0. The largest absolute Gasteiger partial charge is 0.346 e. The third-order valence-electron chi connectivity index (χ3n) is 3.36. The lowest BCUT2D eigenvalue weighted by molar-refractivity contribution is 0.0939. The summed E-state index contributed by atoms with van der Waals surface area (Å²) in [6.45, 7) is 5.69. The van der Waals surface area contributed by atoms with Crippen molar-refractivity contribution in [2.24, 2.45) is 0 Å². The smallest absolute Gasteiger partial charge is 0.252 e. The number of amides is 1. The number of rotatable bonds is 3.